The van der Waals surface area contributed by atoms with E-state index in [1.54, 1.807) is 6.20 Å². The van der Waals surface area contributed by atoms with Crippen LogP contribution in [0.25, 0.3) is 5.65 Å². The van der Waals surface area contributed by atoms with E-state index >= 15 is 0 Å². The van der Waals surface area contributed by atoms with E-state index in [0.29, 0.717) is 0 Å². The second kappa shape index (κ2) is 2.30. The lowest BCUT2D eigenvalue weighted by Gasteiger charge is -1.91. The second-order valence-corrected chi connectivity index (χ2v) is 3.08. The lowest BCUT2D eigenvalue weighted by Crippen LogP contribution is -1.85. The molecule has 0 aromatic carbocycles. The van der Waals surface area contributed by atoms with Crippen molar-refractivity contribution in [2.45, 2.75) is 6.92 Å². The van der Waals surface area contributed by atoms with Gasteiger partial charge in [-0.05, 0) is 22.9 Å². The third-order valence-electron chi connectivity index (χ3n) is 1.45. The van der Waals surface area contributed by atoms with Crippen molar-refractivity contribution < 1.29 is 0 Å². The van der Waals surface area contributed by atoms with Gasteiger partial charge in [0.15, 0.2) is 5.65 Å². The molecule has 0 amide bonds. The number of hydrogen-bond acceptors (Lipinski definition) is 2. The molecule has 11 heavy (non-hydrogen) atoms. The number of hydrogen-bond donors (Lipinski definition) is 0. The molecular weight excluding hydrogens is 206 g/mol. The molecule has 0 aliphatic rings. The predicted octanol–water partition coefficient (Wildman–Crippen LogP) is 1.80. The first-order valence-electron chi connectivity index (χ1n) is 3.23. The lowest BCUT2D eigenvalue weighted by atomic mass is 10.6. The topological polar surface area (TPSA) is 30.2 Å². The van der Waals surface area contributed by atoms with Crippen molar-refractivity contribution in [2.24, 2.45) is 0 Å². The highest BCUT2D eigenvalue weighted by atomic mass is 79.9. The Balaban J connectivity index is 2.90. The first kappa shape index (κ1) is 6.79. The number of aromatic nitrogens is 3. The van der Waals surface area contributed by atoms with Crippen LogP contribution in [0.5, 0.6) is 0 Å². The predicted molar refractivity (Wildman–Crippen MR) is 45.4 cm³/mol. The smallest absolute Gasteiger partial charge is 0.170 e. The van der Waals surface area contributed by atoms with E-state index in [9.17, 15) is 0 Å². The molecule has 0 radical (unpaired) electrons. The SMILES string of the molecule is Cc1cn2ccnc(Br)c2n1. The average Bonchev–Trinajstić information content (AvgIpc) is 2.31. The summed E-state index contributed by atoms with van der Waals surface area (Å²) in [5.74, 6) is 0. The third-order valence-corrected chi connectivity index (χ3v) is 2.01. The quantitative estimate of drug-likeness (QED) is 0.666. The minimum Gasteiger partial charge on any atom is -0.303 e. The first-order chi connectivity index (χ1) is 5.27. The molecule has 2 aromatic heterocycles. The highest BCUT2D eigenvalue weighted by Gasteiger charge is 2.00. The summed E-state index contributed by atoms with van der Waals surface area (Å²) in [6.45, 7) is 1.96. The van der Waals surface area contributed by atoms with Gasteiger partial charge < -0.3 is 4.40 Å². The number of halogens is 1. The monoisotopic (exact) mass is 211 g/mol. The van der Waals surface area contributed by atoms with Gasteiger partial charge in [-0.25, -0.2) is 9.97 Å². The highest BCUT2D eigenvalue weighted by molar-refractivity contribution is 9.10. The molecule has 0 aliphatic carbocycles. The molecule has 0 N–H and O–H groups in total. The molecule has 0 spiro atoms. The molecule has 0 unspecified atom stereocenters. The molecular formula is C7H6BrN3. The maximum absolute atomic E-state index is 4.27. The molecule has 0 atom stereocenters. The fourth-order valence-corrected chi connectivity index (χ4v) is 1.42. The molecule has 56 valence electrons. The molecule has 0 bridgehead atoms. The van der Waals surface area contributed by atoms with Gasteiger partial charge >= 0.3 is 0 Å². The van der Waals surface area contributed by atoms with Gasteiger partial charge in [-0.15, -0.1) is 0 Å². The summed E-state index contributed by atoms with van der Waals surface area (Å²) in [4.78, 5) is 8.32. The molecule has 2 rings (SSSR count). The van der Waals surface area contributed by atoms with Crippen molar-refractivity contribution in [1.29, 1.82) is 0 Å². The van der Waals surface area contributed by atoms with Crippen LogP contribution < -0.4 is 0 Å². The summed E-state index contributed by atoms with van der Waals surface area (Å²) in [5, 5.41) is 0. The Morgan fingerprint density at radius 2 is 2.36 bits per heavy atom. The number of aryl methyl sites for hydroxylation is 1. The standard InChI is InChI=1S/C7H6BrN3/c1-5-4-11-3-2-9-6(8)7(11)10-5/h2-4H,1H3. The van der Waals surface area contributed by atoms with Crippen LogP contribution in [0.3, 0.4) is 0 Å². The normalized spacial score (nSPS) is 10.7. The molecule has 4 heteroatoms. The zero-order valence-electron chi connectivity index (χ0n) is 5.95. The van der Waals surface area contributed by atoms with Crippen molar-refractivity contribution in [3.63, 3.8) is 0 Å². The molecule has 0 fully saturated rings. The summed E-state index contributed by atoms with van der Waals surface area (Å²) in [7, 11) is 0. The Labute approximate surface area is 72.2 Å². The Morgan fingerprint density at radius 1 is 1.55 bits per heavy atom. The summed E-state index contributed by atoms with van der Waals surface area (Å²) in [5.41, 5.74) is 1.86. The molecule has 2 heterocycles. The van der Waals surface area contributed by atoms with Gasteiger partial charge in [0.25, 0.3) is 0 Å². The second-order valence-electron chi connectivity index (χ2n) is 2.33. The molecule has 0 saturated heterocycles. The summed E-state index contributed by atoms with van der Waals surface area (Å²) in [6, 6.07) is 0. The largest absolute Gasteiger partial charge is 0.303 e. The number of fused-ring (bicyclic) bond motifs is 1. The van der Waals surface area contributed by atoms with Gasteiger partial charge in [-0.1, -0.05) is 0 Å². The Kier molecular flexibility index (Phi) is 1.42. The summed E-state index contributed by atoms with van der Waals surface area (Å²) < 4.78 is 2.72. The van der Waals surface area contributed by atoms with E-state index in [2.05, 4.69) is 25.9 Å². The zero-order chi connectivity index (χ0) is 7.84. The van der Waals surface area contributed by atoms with E-state index < -0.39 is 0 Å². The van der Waals surface area contributed by atoms with Crippen LogP contribution in [-0.2, 0) is 0 Å². The number of rotatable bonds is 0. The zero-order valence-corrected chi connectivity index (χ0v) is 7.54. The van der Waals surface area contributed by atoms with Gasteiger partial charge in [-0.3, -0.25) is 0 Å². The van der Waals surface area contributed by atoms with Gasteiger partial charge in [0.05, 0.1) is 5.69 Å². The van der Waals surface area contributed by atoms with Gasteiger partial charge in [0, 0.05) is 18.6 Å². The van der Waals surface area contributed by atoms with E-state index in [1.807, 2.05) is 23.7 Å². The Bertz CT molecular complexity index is 393. The molecule has 3 nitrogen and oxygen atoms in total. The lowest BCUT2D eigenvalue weighted by molar-refractivity contribution is 1.11. The van der Waals surface area contributed by atoms with Crippen LogP contribution >= 0.6 is 15.9 Å². The van der Waals surface area contributed by atoms with Crippen LogP contribution in [0, 0.1) is 6.92 Å². The van der Waals surface area contributed by atoms with E-state index in [1.165, 1.54) is 0 Å². The number of imidazole rings is 1. The fraction of sp³-hybridized carbons (Fsp3) is 0.143. The van der Waals surface area contributed by atoms with E-state index in [0.717, 1.165) is 15.9 Å². The maximum atomic E-state index is 4.27. The van der Waals surface area contributed by atoms with Gasteiger partial charge in [0.2, 0.25) is 0 Å². The van der Waals surface area contributed by atoms with Crippen molar-refractivity contribution >= 4 is 21.6 Å². The van der Waals surface area contributed by atoms with Crippen LogP contribution in [0.1, 0.15) is 5.69 Å². The summed E-state index contributed by atoms with van der Waals surface area (Å²) >= 11 is 3.32. The molecule has 0 saturated carbocycles. The fourth-order valence-electron chi connectivity index (χ4n) is 1.01. The van der Waals surface area contributed by atoms with Gasteiger partial charge in [0.1, 0.15) is 4.60 Å². The van der Waals surface area contributed by atoms with E-state index in [-0.39, 0.29) is 0 Å². The minimum atomic E-state index is 0.785. The number of nitrogens with zero attached hydrogens (tertiary/aromatic N) is 3. The first-order valence-corrected chi connectivity index (χ1v) is 4.02. The minimum absolute atomic E-state index is 0.785. The van der Waals surface area contributed by atoms with Crippen molar-refractivity contribution in [1.82, 2.24) is 14.4 Å². The van der Waals surface area contributed by atoms with Crippen LogP contribution in [0.2, 0.25) is 0 Å². The molecule has 0 aliphatic heterocycles. The van der Waals surface area contributed by atoms with Crippen molar-refractivity contribution in [3.05, 3.63) is 28.9 Å². The van der Waals surface area contributed by atoms with Crippen LogP contribution in [0.15, 0.2) is 23.2 Å². The van der Waals surface area contributed by atoms with Gasteiger partial charge in [-0.2, -0.15) is 0 Å². The van der Waals surface area contributed by atoms with E-state index in [4.69, 9.17) is 0 Å². The van der Waals surface area contributed by atoms with Crippen LogP contribution in [0.4, 0.5) is 0 Å². The maximum Gasteiger partial charge on any atom is 0.170 e. The Morgan fingerprint density at radius 3 is 3.09 bits per heavy atom. The van der Waals surface area contributed by atoms with Crippen molar-refractivity contribution in [2.75, 3.05) is 0 Å². The van der Waals surface area contributed by atoms with Crippen molar-refractivity contribution in [3.8, 4) is 0 Å². The molecule has 2 aromatic rings. The third kappa shape index (κ3) is 1.03. The van der Waals surface area contributed by atoms with Crippen LogP contribution in [-0.4, -0.2) is 14.4 Å². The Hall–Kier alpha value is -0.900. The summed E-state index contributed by atoms with van der Waals surface area (Å²) in [6.07, 6.45) is 5.57. The average molecular weight is 212 g/mol. The highest BCUT2D eigenvalue weighted by Crippen LogP contribution is 2.12.